The molecule has 23 heavy (non-hydrogen) atoms. The highest BCUT2D eigenvalue weighted by Crippen LogP contribution is 2.21. The number of benzene rings is 2. The summed E-state index contributed by atoms with van der Waals surface area (Å²) in [5.74, 6) is -1.19. The molecule has 1 amide bonds. The average Bonchev–Trinajstić information content (AvgIpc) is 2.51. The zero-order valence-corrected chi connectivity index (χ0v) is 13.5. The van der Waals surface area contributed by atoms with E-state index in [2.05, 4.69) is 0 Å². The van der Waals surface area contributed by atoms with Crippen molar-refractivity contribution in [2.24, 2.45) is 0 Å². The highest BCUT2D eigenvalue weighted by atomic mass is 35.5. The van der Waals surface area contributed by atoms with Crippen molar-refractivity contribution in [3.05, 3.63) is 64.2 Å². The van der Waals surface area contributed by atoms with Gasteiger partial charge in [-0.2, -0.15) is 0 Å². The van der Waals surface area contributed by atoms with Crippen LogP contribution in [0.25, 0.3) is 0 Å². The number of carbonyl (C=O) groups excluding carboxylic acids is 1. The van der Waals surface area contributed by atoms with Crippen LogP contribution < -0.4 is 4.74 Å². The molecule has 0 saturated carbocycles. The third kappa shape index (κ3) is 4.20. The Morgan fingerprint density at radius 1 is 1.22 bits per heavy atom. The molecule has 122 valence electrons. The van der Waals surface area contributed by atoms with Gasteiger partial charge in [-0.15, -0.1) is 0 Å². The van der Waals surface area contributed by atoms with E-state index in [0.29, 0.717) is 5.56 Å². The van der Waals surface area contributed by atoms with E-state index >= 15 is 0 Å². The fourth-order valence-corrected chi connectivity index (χ4v) is 2.39. The Morgan fingerprint density at radius 2 is 1.96 bits per heavy atom. The molecular formula is C17H16ClF2NO2. The van der Waals surface area contributed by atoms with Gasteiger partial charge in [0.1, 0.15) is 5.82 Å². The first-order chi connectivity index (χ1) is 10.9. The molecule has 0 fully saturated rings. The molecule has 0 atom stereocenters. The molecule has 0 unspecified atom stereocenters. The van der Waals surface area contributed by atoms with Crippen molar-refractivity contribution in [1.29, 1.82) is 0 Å². The van der Waals surface area contributed by atoms with Gasteiger partial charge in [0, 0.05) is 24.2 Å². The van der Waals surface area contributed by atoms with Crippen molar-refractivity contribution >= 4 is 17.5 Å². The van der Waals surface area contributed by atoms with Crippen LogP contribution >= 0.6 is 11.6 Å². The number of methoxy groups -OCH3 is 1. The van der Waals surface area contributed by atoms with Gasteiger partial charge in [0.15, 0.2) is 11.6 Å². The molecule has 0 saturated heterocycles. The van der Waals surface area contributed by atoms with Gasteiger partial charge in [-0.3, -0.25) is 4.79 Å². The number of likely N-dealkylation sites (N-methyl/N-ethyl adjacent to an activating group) is 1. The smallest absolute Gasteiger partial charge is 0.227 e. The maximum Gasteiger partial charge on any atom is 0.227 e. The van der Waals surface area contributed by atoms with Crippen LogP contribution in [0.4, 0.5) is 8.78 Å². The van der Waals surface area contributed by atoms with Crippen molar-refractivity contribution in [2.45, 2.75) is 13.0 Å². The second-order valence-corrected chi connectivity index (χ2v) is 5.50. The molecule has 0 aliphatic carbocycles. The highest BCUT2D eigenvalue weighted by molar-refractivity contribution is 6.31. The molecule has 3 nitrogen and oxygen atoms in total. The fourth-order valence-electron chi connectivity index (χ4n) is 2.16. The van der Waals surface area contributed by atoms with Crippen LogP contribution in [0.15, 0.2) is 36.4 Å². The van der Waals surface area contributed by atoms with E-state index in [1.807, 2.05) is 0 Å². The highest BCUT2D eigenvalue weighted by Gasteiger charge is 2.16. The van der Waals surface area contributed by atoms with Gasteiger partial charge in [-0.05, 0) is 29.8 Å². The second-order valence-electron chi connectivity index (χ2n) is 5.10. The van der Waals surface area contributed by atoms with Crippen LogP contribution in [0.1, 0.15) is 11.1 Å². The van der Waals surface area contributed by atoms with Crippen molar-refractivity contribution in [1.82, 2.24) is 4.90 Å². The minimum Gasteiger partial charge on any atom is -0.494 e. The SMILES string of the molecule is COc1ccc(CN(C)C(=O)Cc2c(F)cccc2Cl)cc1F. The fraction of sp³-hybridized carbons (Fsp3) is 0.235. The minimum atomic E-state index is -0.519. The quantitative estimate of drug-likeness (QED) is 0.828. The molecule has 2 aromatic rings. The number of amides is 1. The first-order valence-electron chi connectivity index (χ1n) is 6.91. The van der Waals surface area contributed by atoms with E-state index in [0.717, 1.165) is 0 Å². The van der Waals surface area contributed by atoms with Crippen LogP contribution in [-0.4, -0.2) is 25.0 Å². The minimum absolute atomic E-state index is 0.140. The molecule has 0 spiro atoms. The maximum atomic E-state index is 13.7. The van der Waals surface area contributed by atoms with Gasteiger partial charge in [0.25, 0.3) is 0 Å². The summed E-state index contributed by atoms with van der Waals surface area (Å²) in [6, 6.07) is 8.74. The van der Waals surface area contributed by atoms with E-state index in [1.165, 1.54) is 42.3 Å². The van der Waals surface area contributed by atoms with Crippen molar-refractivity contribution in [3.8, 4) is 5.75 Å². The Balaban J connectivity index is 2.07. The molecular weight excluding hydrogens is 324 g/mol. The summed E-state index contributed by atoms with van der Waals surface area (Å²) in [6.45, 7) is 0.200. The van der Waals surface area contributed by atoms with E-state index in [9.17, 15) is 13.6 Å². The molecule has 0 aromatic heterocycles. The number of halogens is 3. The van der Waals surface area contributed by atoms with Gasteiger partial charge in [-0.25, -0.2) is 8.78 Å². The lowest BCUT2D eigenvalue weighted by Crippen LogP contribution is -2.28. The van der Waals surface area contributed by atoms with Gasteiger partial charge in [-0.1, -0.05) is 23.7 Å². The monoisotopic (exact) mass is 339 g/mol. The Morgan fingerprint density at radius 3 is 2.57 bits per heavy atom. The maximum absolute atomic E-state index is 13.7. The number of hydrogen-bond acceptors (Lipinski definition) is 2. The topological polar surface area (TPSA) is 29.5 Å². The number of nitrogens with zero attached hydrogens (tertiary/aromatic N) is 1. The predicted octanol–water partition coefficient (Wildman–Crippen LogP) is 3.83. The van der Waals surface area contributed by atoms with Crippen molar-refractivity contribution in [3.63, 3.8) is 0 Å². The second kappa shape index (κ2) is 7.42. The zero-order chi connectivity index (χ0) is 17.0. The summed E-state index contributed by atoms with van der Waals surface area (Å²) in [7, 11) is 2.95. The number of carbonyl (C=O) groups is 1. The Hall–Kier alpha value is -2.14. The average molecular weight is 340 g/mol. The van der Waals surface area contributed by atoms with Crippen molar-refractivity contribution < 1.29 is 18.3 Å². The van der Waals surface area contributed by atoms with Crippen LogP contribution in [0.5, 0.6) is 5.75 Å². The summed E-state index contributed by atoms with van der Waals surface area (Å²) in [4.78, 5) is 13.6. The third-order valence-electron chi connectivity index (χ3n) is 3.45. The Labute approximate surface area is 138 Å². The number of ether oxygens (including phenoxy) is 1. The molecule has 0 radical (unpaired) electrons. The lowest BCUT2D eigenvalue weighted by Gasteiger charge is -2.18. The summed E-state index contributed by atoms with van der Waals surface area (Å²) >= 11 is 5.92. The first kappa shape index (κ1) is 17.2. The first-order valence-corrected chi connectivity index (χ1v) is 7.29. The molecule has 0 N–H and O–H groups in total. The van der Waals surface area contributed by atoms with Crippen LogP contribution in [0.3, 0.4) is 0 Å². The van der Waals surface area contributed by atoms with Gasteiger partial charge >= 0.3 is 0 Å². The molecule has 6 heteroatoms. The lowest BCUT2D eigenvalue weighted by molar-refractivity contribution is -0.129. The molecule has 2 aromatic carbocycles. The normalized spacial score (nSPS) is 10.5. The summed E-state index contributed by atoms with van der Waals surface area (Å²) in [6.07, 6.45) is -0.152. The molecule has 2 rings (SSSR count). The van der Waals surface area contributed by atoms with Gasteiger partial charge in [0.2, 0.25) is 5.91 Å². The van der Waals surface area contributed by atoms with E-state index in [1.54, 1.807) is 13.1 Å². The Kier molecular flexibility index (Phi) is 5.55. The standard InChI is InChI=1S/C17H16ClF2NO2/c1-21(10-11-6-7-16(23-2)15(20)8-11)17(22)9-12-13(18)4-3-5-14(12)19/h3-8H,9-10H2,1-2H3. The predicted molar refractivity (Wildman–Crippen MR) is 84.5 cm³/mol. The summed E-state index contributed by atoms with van der Waals surface area (Å²) in [5.41, 5.74) is 0.769. The largest absolute Gasteiger partial charge is 0.494 e. The third-order valence-corrected chi connectivity index (χ3v) is 3.81. The summed E-state index contributed by atoms with van der Waals surface area (Å²) < 4.78 is 32.2. The molecule has 0 bridgehead atoms. The molecule has 0 aliphatic rings. The number of rotatable bonds is 5. The van der Waals surface area contributed by atoms with Crippen LogP contribution in [0.2, 0.25) is 5.02 Å². The van der Waals surface area contributed by atoms with E-state index in [4.69, 9.17) is 16.3 Å². The van der Waals surface area contributed by atoms with Gasteiger partial charge in [0.05, 0.1) is 13.5 Å². The lowest BCUT2D eigenvalue weighted by atomic mass is 10.1. The van der Waals surface area contributed by atoms with E-state index < -0.39 is 11.6 Å². The number of hydrogen-bond donors (Lipinski definition) is 0. The van der Waals surface area contributed by atoms with Gasteiger partial charge < -0.3 is 9.64 Å². The zero-order valence-electron chi connectivity index (χ0n) is 12.8. The molecule has 0 aliphatic heterocycles. The summed E-state index contributed by atoms with van der Waals surface area (Å²) in [5, 5.41) is 0.210. The Bertz CT molecular complexity index is 701. The van der Waals surface area contributed by atoms with Crippen molar-refractivity contribution in [2.75, 3.05) is 14.2 Å². The van der Waals surface area contributed by atoms with Crippen LogP contribution in [0, 0.1) is 11.6 Å². The molecule has 0 heterocycles. The van der Waals surface area contributed by atoms with Crippen LogP contribution in [-0.2, 0) is 17.8 Å². The van der Waals surface area contributed by atoms with E-state index in [-0.39, 0.29) is 35.2 Å².